The molecule has 0 aromatic heterocycles. The molecule has 1 atom stereocenters. The Hall–Kier alpha value is -1.26. The predicted octanol–water partition coefficient (Wildman–Crippen LogP) is 1.69. The minimum atomic E-state index is -0.0505. The molecule has 0 aliphatic carbocycles. The van der Waals surface area contributed by atoms with Gasteiger partial charge < -0.3 is 5.73 Å². The van der Waals surface area contributed by atoms with Gasteiger partial charge in [0.1, 0.15) is 0 Å². The molecule has 12 heavy (non-hydrogen) atoms. The van der Waals surface area contributed by atoms with Crippen LogP contribution in [0, 0.1) is 18.8 Å². The molecule has 1 aromatic rings. The highest BCUT2D eigenvalue weighted by molar-refractivity contribution is 5.37. The highest BCUT2D eigenvalue weighted by Crippen LogP contribution is 2.01. The number of hydrogen-bond acceptors (Lipinski definition) is 1. The lowest BCUT2D eigenvalue weighted by molar-refractivity contribution is 0.959. The molecule has 1 aromatic carbocycles. The summed E-state index contributed by atoms with van der Waals surface area (Å²) in [5.74, 6) is 5.93. The quantitative estimate of drug-likeness (QED) is 0.573. The van der Waals surface area contributed by atoms with Crippen molar-refractivity contribution in [2.45, 2.75) is 19.9 Å². The molecular formula is C11H13N. The van der Waals surface area contributed by atoms with Gasteiger partial charge in [-0.2, -0.15) is 0 Å². The average molecular weight is 159 g/mol. The van der Waals surface area contributed by atoms with E-state index in [4.69, 9.17) is 5.73 Å². The van der Waals surface area contributed by atoms with Crippen LogP contribution in [0.25, 0.3) is 0 Å². The normalized spacial score (nSPS) is 11.6. The second-order valence-corrected chi connectivity index (χ2v) is 2.93. The van der Waals surface area contributed by atoms with Gasteiger partial charge in [0.15, 0.2) is 0 Å². The van der Waals surface area contributed by atoms with Crippen molar-refractivity contribution in [2.24, 2.45) is 5.73 Å². The van der Waals surface area contributed by atoms with Crippen molar-refractivity contribution in [2.75, 3.05) is 0 Å². The molecule has 0 bridgehead atoms. The van der Waals surface area contributed by atoms with Crippen LogP contribution < -0.4 is 5.73 Å². The Morgan fingerprint density at radius 1 is 1.42 bits per heavy atom. The average Bonchev–Trinajstić information content (AvgIpc) is 2.01. The standard InChI is InChI=1S/C11H13N/c1-9-4-3-5-11(8-9)7-6-10(2)12/h3-5,8,10H,12H2,1-2H3. The molecule has 1 rings (SSSR count). The molecule has 0 saturated heterocycles. The van der Waals surface area contributed by atoms with Crippen molar-refractivity contribution in [3.8, 4) is 11.8 Å². The summed E-state index contributed by atoms with van der Waals surface area (Å²) in [6, 6.07) is 8.04. The van der Waals surface area contributed by atoms with Crippen LogP contribution in [0.4, 0.5) is 0 Å². The maximum atomic E-state index is 5.50. The minimum Gasteiger partial charge on any atom is -0.318 e. The maximum absolute atomic E-state index is 5.50. The molecule has 0 aliphatic heterocycles. The smallest absolute Gasteiger partial charge is 0.0639 e. The van der Waals surface area contributed by atoms with Gasteiger partial charge in [-0.1, -0.05) is 24.0 Å². The third-order valence-electron chi connectivity index (χ3n) is 1.46. The van der Waals surface area contributed by atoms with E-state index in [0.29, 0.717) is 0 Å². The van der Waals surface area contributed by atoms with Gasteiger partial charge in [-0.3, -0.25) is 0 Å². The number of nitrogens with two attached hydrogens (primary N) is 1. The Kier molecular flexibility index (Phi) is 2.90. The van der Waals surface area contributed by atoms with Gasteiger partial charge in [-0.15, -0.1) is 0 Å². The van der Waals surface area contributed by atoms with Gasteiger partial charge >= 0.3 is 0 Å². The Balaban J connectivity index is 2.85. The Morgan fingerprint density at radius 2 is 2.17 bits per heavy atom. The molecule has 0 heterocycles. The van der Waals surface area contributed by atoms with Gasteiger partial charge in [-0.05, 0) is 31.5 Å². The molecule has 1 heteroatoms. The lowest BCUT2D eigenvalue weighted by Crippen LogP contribution is -2.10. The van der Waals surface area contributed by atoms with Crippen LogP contribution in [0.2, 0.25) is 0 Å². The molecule has 0 fully saturated rings. The molecule has 0 spiro atoms. The van der Waals surface area contributed by atoms with Crippen LogP contribution in [0.1, 0.15) is 18.1 Å². The zero-order valence-electron chi connectivity index (χ0n) is 7.46. The van der Waals surface area contributed by atoms with Crippen molar-refractivity contribution < 1.29 is 0 Å². The van der Waals surface area contributed by atoms with E-state index >= 15 is 0 Å². The number of hydrogen-bond donors (Lipinski definition) is 1. The molecule has 1 unspecified atom stereocenters. The van der Waals surface area contributed by atoms with E-state index in [1.165, 1.54) is 5.56 Å². The van der Waals surface area contributed by atoms with Crippen molar-refractivity contribution in [1.29, 1.82) is 0 Å². The van der Waals surface area contributed by atoms with Gasteiger partial charge in [0, 0.05) is 5.56 Å². The Labute approximate surface area is 73.6 Å². The van der Waals surface area contributed by atoms with Gasteiger partial charge in [0.25, 0.3) is 0 Å². The van der Waals surface area contributed by atoms with E-state index < -0.39 is 0 Å². The molecule has 1 nitrogen and oxygen atoms in total. The zero-order chi connectivity index (χ0) is 8.97. The van der Waals surface area contributed by atoms with Crippen molar-refractivity contribution in [3.63, 3.8) is 0 Å². The third-order valence-corrected chi connectivity index (χ3v) is 1.46. The highest BCUT2D eigenvalue weighted by Gasteiger charge is 1.87. The second kappa shape index (κ2) is 3.94. The van der Waals surface area contributed by atoms with Crippen LogP contribution in [0.3, 0.4) is 0 Å². The first-order chi connectivity index (χ1) is 5.68. The van der Waals surface area contributed by atoms with E-state index in [1.807, 2.05) is 19.1 Å². The SMILES string of the molecule is Cc1cccc(C#CC(C)N)c1. The van der Waals surface area contributed by atoms with Crippen molar-refractivity contribution in [1.82, 2.24) is 0 Å². The fraction of sp³-hybridized carbons (Fsp3) is 0.273. The van der Waals surface area contributed by atoms with Gasteiger partial charge in [0.05, 0.1) is 6.04 Å². The minimum absolute atomic E-state index is 0.0505. The summed E-state index contributed by atoms with van der Waals surface area (Å²) < 4.78 is 0. The van der Waals surface area contributed by atoms with Crippen LogP contribution >= 0.6 is 0 Å². The number of aryl methyl sites for hydroxylation is 1. The molecule has 0 saturated carbocycles. The van der Waals surface area contributed by atoms with E-state index in [1.54, 1.807) is 0 Å². The third kappa shape index (κ3) is 2.77. The number of benzene rings is 1. The highest BCUT2D eigenvalue weighted by atomic mass is 14.6. The van der Waals surface area contributed by atoms with Gasteiger partial charge in [0.2, 0.25) is 0 Å². The molecule has 2 N–H and O–H groups in total. The summed E-state index contributed by atoms with van der Waals surface area (Å²) in [5.41, 5.74) is 7.77. The molecule has 0 radical (unpaired) electrons. The largest absolute Gasteiger partial charge is 0.318 e. The van der Waals surface area contributed by atoms with Crippen LogP contribution in [-0.2, 0) is 0 Å². The fourth-order valence-electron chi connectivity index (χ4n) is 0.920. The number of rotatable bonds is 0. The zero-order valence-corrected chi connectivity index (χ0v) is 7.46. The molecular weight excluding hydrogens is 146 g/mol. The Bertz CT molecular complexity index is 315. The first kappa shape index (κ1) is 8.83. The molecule has 0 aliphatic rings. The topological polar surface area (TPSA) is 26.0 Å². The first-order valence-corrected chi connectivity index (χ1v) is 4.02. The summed E-state index contributed by atoms with van der Waals surface area (Å²) in [4.78, 5) is 0. The summed E-state index contributed by atoms with van der Waals surface area (Å²) in [6.07, 6.45) is 0. The van der Waals surface area contributed by atoms with E-state index in [0.717, 1.165) is 5.56 Å². The monoisotopic (exact) mass is 159 g/mol. The van der Waals surface area contributed by atoms with E-state index in [-0.39, 0.29) is 6.04 Å². The lowest BCUT2D eigenvalue weighted by Gasteiger charge is -1.93. The van der Waals surface area contributed by atoms with Crippen LogP contribution in [0.15, 0.2) is 24.3 Å². The van der Waals surface area contributed by atoms with E-state index in [2.05, 4.69) is 30.9 Å². The summed E-state index contributed by atoms with van der Waals surface area (Å²) in [5, 5.41) is 0. The summed E-state index contributed by atoms with van der Waals surface area (Å²) in [7, 11) is 0. The summed E-state index contributed by atoms with van der Waals surface area (Å²) >= 11 is 0. The fourth-order valence-corrected chi connectivity index (χ4v) is 0.920. The second-order valence-electron chi connectivity index (χ2n) is 2.93. The first-order valence-electron chi connectivity index (χ1n) is 4.02. The van der Waals surface area contributed by atoms with E-state index in [9.17, 15) is 0 Å². The summed E-state index contributed by atoms with van der Waals surface area (Å²) in [6.45, 7) is 3.93. The van der Waals surface area contributed by atoms with Gasteiger partial charge in [-0.25, -0.2) is 0 Å². The van der Waals surface area contributed by atoms with Crippen LogP contribution in [0.5, 0.6) is 0 Å². The molecule has 62 valence electrons. The van der Waals surface area contributed by atoms with Crippen molar-refractivity contribution in [3.05, 3.63) is 35.4 Å². The molecule has 0 amide bonds. The maximum Gasteiger partial charge on any atom is 0.0639 e. The van der Waals surface area contributed by atoms with Crippen LogP contribution in [-0.4, -0.2) is 6.04 Å². The lowest BCUT2D eigenvalue weighted by atomic mass is 10.1. The van der Waals surface area contributed by atoms with Crippen molar-refractivity contribution >= 4 is 0 Å². The Morgan fingerprint density at radius 3 is 2.75 bits per heavy atom. The predicted molar refractivity (Wildman–Crippen MR) is 51.7 cm³/mol.